The van der Waals surface area contributed by atoms with Crippen LogP contribution in [0.25, 0.3) is 0 Å². The monoisotopic (exact) mass is 252 g/mol. The van der Waals surface area contributed by atoms with Gasteiger partial charge in [0.2, 0.25) is 0 Å². The van der Waals surface area contributed by atoms with Crippen molar-refractivity contribution in [3.8, 4) is 0 Å². The van der Waals surface area contributed by atoms with Crippen LogP contribution in [0.2, 0.25) is 0 Å². The summed E-state index contributed by atoms with van der Waals surface area (Å²) in [6, 6.07) is 0. The molecule has 1 unspecified atom stereocenters. The first-order chi connectivity index (χ1) is 8.63. The summed E-state index contributed by atoms with van der Waals surface area (Å²) >= 11 is 0. The fourth-order valence-corrected chi connectivity index (χ4v) is 2.13. The molecule has 2 rings (SSSR count). The molecule has 0 bridgehead atoms. The molecule has 6 heteroatoms. The second kappa shape index (κ2) is 5.49. The molecule has 1 aliphatic rings. The van der Waals surface area contributed by atoms with Gasteiger partial charge in [-0.05, 0) is 14.0 Å². The maximum atomic E-state index is 12.4. The van der Waals surface area contributed by atoms with E-state index < -0.39 is 0 Å². The van der Waals surface area contributed by atoms with E-state index in [1.165, 1.54) is 0 Å². The van der Waals surface area contributed by atoms with Gasteiger partial charge < -0.3 is 15.0 Å². The number of aryl methyl sites for hydroxylation is 1. The van der Waals surface area contributed by atoms with Crippen molar-refractivity contribution in [1.82, 2.24) is 20.0 Å². The van der Waals surface area contributed by atoms with E-state index in [0.717, 1.165) is 12.2 Å². The number of likely N-dealkylation sites (N-methyl/N-ethyl adjacent to an activating group) is 1. The third-order valence-electron chi connectivity index (χ3n) is 3.32. The molecule has 1 N–H and O–H groups in total. The zero-order chi connectivity index (χ0) is 13.1. The molecule has 0 saturated carbocycles. The molecule has 100 valence electrons. The number of ether oxygens (including phenoxy) is 1. The Kier molecular flexibility index (Phi) is 3.98. The van der Waals surface area contributed by atoms with Crippen LogP contribution in [0.3, 0.4) is 0 Å². The standard InChI is InChI=1S/C12H20N4O2/c1-9-11(7-14-15(9)3)12(17)16-4-5-18-10(8-16)6-13-2/h7,10,13H,4-6,8H2,1-3H3. The molecule has 18 heavy (non-hydrogen) atoms. The minimum Gasteiger partial charge on any atom is -0.373 e. The summed E-state index contributed by atoms with van der Waals surface area (Å²) in [7, 11) is 3.73. The smallest absolute Gasteiger partial charge is 0.257 e. The van der Waals surface area contributed by atoms with Crippen molar-refractivity contribution < 1.29 is 9.53 Å². The van der Waals surface area contributed by atoms with Crippen LogP contribution in [-0.4, -0.2) is 60.0 Å². The predicted octanol–water partition coefficient (Wildman–Crippen LogP) is -0.211. The Morgan fingerprint density at radius 2 is 2.44 bits per heavy atom. The van der Waals surface area contributed by atoms with Crippen molar-refractivity contribution in [2.45, 2.75) is 13.0 Å². The molecular formula is C12H20N4O2. The van der Waals surface area contributed by atoms with E-state index in [2.05, 4.69) is 10.4 Å². The quantitative estimate of drug-likeness (QED) is 0.808. The number of nitrogens with zero attached hydrogens (tertiary/aromatic N) is 3. The van der Waals surface area contributed by atoms with Gasteiger partial charge in [-0.3, -0.25) is 9.48 Å². The minimum absolute atomic E-state index is 0.0463. The van der Waals surface area contributed by atoms with Crippen LogP contribution in [0.15, 0.2) is 6.20 Å². The number of amides is 1. The molecule has 1 saturated heterocycles. The van der Waals surface area contributed by atoms with Crippen molar-refractivity contribution in [2.75, 3.05) is 33.3 Å². The molecule has 1 atom stereocenters. The molecule has 0 spiro atoms. The Morgan fingerprint density at radius 3 is 3.06 bits per heavy atom. The lowest BCUT2D eigenvalue weighted by molar-refractivity contribution is -0.0196. The van der Waals surface area contributed by atoms with E-state index in [1.54, 1.807) is 10.9 Å². The Hall–Kier alpha value is -1.40. The molecule has 1 fully saturated rings. The van der Waals surface area contributed by atoms with E-state index in [0.29, 0.717) is 25.3 Å². The van der Waals surface area contributed by atoms with E-state index in [4.69, 9.17) is 4.74 Å². The molecule has 2 heterocycles. The molecule has 0 aliphatic carbocycles. The molecule has 0 radical (unpaired) electrons. The van der Waals surface area contributed by atoms with E-state index in [-0.39, 0.29) is 12.0 Å². The van der Waals surface area contributed by atoms with Gasteiger partial charge in [-0.2, -0.15) is 5.10 Å². The van der Waals surface area contributed by atoms with Crippen LogP contribution >= 0.6 is 0 Å². The average Bonchev–Trinajstić information content (AvgIpc) is 2.70. The van der Waals surface area contributed by atoms with Gasteiger partial charge in [-0.25, -0.2) is 0 Å². The highest BCUT2D eigenvalue weighted by Gasteiger charge is 2.26. The van der Waals surface area contributed by atoms with Crippen LogP contribution in [0.5, 0.6) is 0 Å². The van der Waals surface area contributed by atoms with E-state index in [9.17, 15) is 4.79 Å². The second-order valence-electron chi connectivity index (χ2n) is 4.57. The highest BCUT2D eigenvalue weighted by molar-refractivity contribution is 5.95. The highest BCUT2D eigenvalue weighted by Crippen LogP contribution is 2.13. The minimum atomic E-state index is 0.0463. The van der Waals surface area contributed by atoms with Crippen LogP contribution in [0, 0.1) is 6.92 Å². The Balaban J connectivity index is 2.07. The van der Waals surface area contributed by atoms with Crippen molar-refractivity contribution in [3.05, 3.63) is 17.5 Å². The number of carbonyl (C=O) groups excluding carboxylic acids is 1. The maximum Gasteiger partial charge on any atom is 0.257 e. The zero-order valence-electron chi connectivity index (χ0n) is 11.1. The first kappa shape index (κ1) is 13.0. The molecule has 1 aromatic rings. The fourth-order valence-electron chi connectivity index (χ4n) is 2.13. The van der Waals surface area contributed by atoms with Gasteiger partial charge in [-0.15, -0.1) is 0 Å². The zero-order valence-corrected chi connectivity index (χ0v) is 11.1. The average molecular weight is 252 g/mol. The summed E-state index contributed by atoms with van der Waals surface area (Å²) in [5.74, 6) is 0.0463. The van der Waals surface area contributed by atoms with E-state index >= 15 is 0 Å². The van der Waals surface area contributed by atoms with Crippen molar-refractivity contribution >= 4 is 5.91 Å². The van der Waals surface area contributed by atoms with Gasteiger partial charge in [0, 0.05) is 32.4 Å². The first-order valence-electron chi connectivity index (χ1n) is 6.17. The molecule has 1 amide bonds. The fraction of sp³-hybridized carbons (Fsp3) is 0.667. The van der Waals surface area contributed by atoms with Gasteiger partial charge >= 0.3 is 0 Å². The highest BCUT2D eigenvalue weighted by atomic mass is 16.5. The lowest BCUT2D eigenvalue weighted by Crippen LogP contribution is -2.48. The topological polar surface area (TPSA) is 59.4 Å². The molecule has 6 nitrogen and oxygen atoms in total. The lowest BCUT2D eigenvalue weighted by Gasteiger charge is -2.32. The summed E-state index contributed by atoms with van der Waals surface area (Å²) in [4.78, 5) is 14.2. The summed E-state index contributed by atoms with van der Waals surface area (Å²) < 4.78 is 7.31. The summed E-state index contributed by atoms with van der Waals surface area (Å²) in [5, 5.41) is 7.19. The number of rotatable bonds is 3. The predicted molar refractivity (Wildman–Crippen MR) is 67.5 cm³/mol. The third-order valence-corrected chi connectivity index (χ3v) is 3.32. The molecule has 0 aromatic carbocycles. The van der Waals surface area contributed by atoms with Gasteiger partial charge in [0.1, 0.15) is 0 Å². The van der Waals surface area contributed by atoms with Crippen LogP contribution in [-0.2, 0) is 11.8 Å². The normalized spacial score (nSPS) is 20.2. The number of carbonyl (C=O) groups is 1. The molecule has 1 aliphatic heterocycles. The summed E-state index contributed by atoms with van der Waals surface area (Å²) in [5.41, 5.74) is 1.58. The van der Waals surface area contributed by atoms with Crippen LogP contribution in [0.1, 0.15) is 16.1 Å². The van der Waals surface area contributed by atoms with Crippen molar-refractivity contribution in [2.24, 2.45) is 7.05 Å². The van der Waals surface area contributed by atoms with Crippen LogP contribution in [0.4, 0.5) is 0 Å². The Bertz CT molecular complexity index is 428. The number of aromatic nitrogens is 2. The van der Waals surface area contributed by atoms with Gasteiger partial charge in [0.15, 0.2) is 0 Å². The van der Waals surface area contributed by atoms with Crippen molar-refractivity contribution in [1.29, 1.82) is 0 Å². The number of hydrogen-bond acceptors (Lipinski definition) is 4. The number of nitrogens with one attached hydrogen (secondary N) is 1. The third kappa shape index (κ3) is 2.54. The first-order valence-corrected chi connectivity index (χ1v) is 6.17. The van der Waals surface area contributed by atoms with E-state index in [1.807, 2.05) is 25.9 Å². The SMILES string of the molecule is CNCC1CN(C(=O)c2cnn(C)c2C)CCO1. The summed E-state index contributed by atoms with van der Waals surface area (Å²) in [6.07, 6.45) is 1.71. The number of hydrogen-bond donors (Lipinski definition) is 1. The maximum absolute atomic E-state index is 12.4. The van der Waals surface area contributed by atoms with Crippen molar-refractivity contribution in [3.63, 3.8) is 0 Å². The largest absolute Gasteiger partial charge is 0.373 e. The second-order valence-corrected chi connectivity index (χ2v) is 4.57. The van der Waals surface area contributed by atoms with Gasteiger partial charge in [-0.1, -0.05) is 0 Å². The Labute approximate surface area is 107 Å². The Morgan fingerprint density at radius 1 is 1.67 bits per heavy atom. The lowest BCUT2D eigenvalue weighted by atomic mass is 10.2. The summed E-state index contributed by atoms with van der Waals surface area (Å²) in [6.45, 7) is 4.54. The van der Waals surface area contributed by atoms with Gasteiger partial charge in [0.05, 0.1) is 24.5 Å². The molecular weight excluding hydrogens is 232 g/mol. The molecule has 1 aromatic heterocycles. The van der Waals surface area contributed by atoms with Crippen LogP contribution < -0.4 is 5.32 Å². The van der Waals surface area contributed by atoms with Gasteiger partial charge in [0.25, 0.3) is 5.91 Å². The number of morpholine rings is 1.